The number of tetrazole rings is 3. The molecule has 3 fully saturated rings. The summed E-state index contributed by atoms with van der Waals surface area (Å²) in [6.45, 7) is 30.4. The van der Waals surface area contributed by atoms with E-state index in [9.17, 15) is 94.7 Å². The van der Waals surface area contributed by atoms with Gasteiger partial charge in [-0.1, -0.05) is 126 Å². The Hall–Kier alpha value is -11.0. The van der Waals surface area contributed by atoms with Crippen LogP contribution >= 0.6 is 31.9 Å². The Morgan fingerprint density at radius 2 is 0.867 bits per heavy atom. The van der Waals surface area contributed by atoms with Gasteiger partial charge in [-0.25, -0.2) is 9.59 Å². The molecule has 8 heterocycles. The molecule has 3 amide bonds. The van der Waals surface area contributed by atoms with Crippen molar-refractivity contribution in [2.45, 2.75) is 297 Å². The van der Waals surface area contributed by atoms with E-state index in [-0.39, 0.29) is 57.2 Å². The molecule has 8 aromatic rings. The number of carbonyl (C=O) groups excluding carboxylic acids is 7. The third-order valence-corrected chi connectivity index (χ3v) is 24.2. The lowest BCUT2D eigenvalue weighted by atomic mass is 9.69. The lowest BCUT2D eigenvalue weighted by molar-refractivity contribution is -0.171. The van der Waals surface area contributed by atoms with Crippen molar-refractivity contribution in [1.82, 2.24) is 76.2 Å². The molecule has 34 nitrogen and oxygen atoms in total. The van der Waals surface area contributed by atoms with Crippen LogP contribution in [-0.2, 0) is 70.1 Å². The van der Waals surface area contributed by atoms with Crippen LogP contribution in [0.25, 0.3) is 45.2 Å². The fourth-order valence-electron chi connectivity index (χ4n) is 14.0. The number of piperidine rings is 2. The fourth-order valence-corrected chi connectivity index (χ4v) is 15.0. The molecule has 0 unspecified atom stereocenters. The molecule has 5 aromatic carbocycles. The van der Waals surface area contributed by atoms with E-state index in [1.807, 2.05) is 152 Å². The molecule has 0 atom stereocenters. The van der Waals surface area contributed by atoms with E-state index in [4.69, 9.17) is 44.2 Å². The van der Waals surface area contributed by atoms with E-state index in [1.165, 1.54) is 11.7 Å². The molecular formula is C100H135BBr2F12N16O18S. The molecule has 0 saturated carbocycles. The lowest BCUT2D eigenvalue weighted by Crippen LogP contribution is -2.51. The highest BCUT2D eigenvalue weighted by Gasteiger charge is 2.55. The van der Waals surface area contributed by atoms with Gasteiger partial charge >= 0.3 is 44.0 Å². The first-order chi connectivity index (χ1) is 70.1. The Balaban J connectivity index is 0.000000323. The standard InChI is InChI=1S/C31H38N6O4.C24H34BNO5.C14H14BrF3N4O.C8H13F3O4S.C7H5BrN4.C7H11F3O2.C4H11NO.C3H3F3O.C2H6/c1-22(38)32-17-7-8-18-37-34-28(33-35-37)24-13-11-23(12-14-24)26-21-31(40-27-10-6-5-9-25(26)27)15-19-36(20-16-31)29(39)41-30(2,3)4;1-21(2,3)29-20(27)26-14-12-24(13-15-26)16-18(17-10-8-9-11-19(17)28-24)25-30-22(4,5)23(6,7)31-25;15-11-7-5-10(6-8-11)13-19-21-22(20-13)9-3-1-2-4-12(23)14(16,17)18;1-16(13,14)15-6-4-2-3-5-7(12)8(9,10)11;8-6-3-1-5(2-4-6)7-9-11-12-10-7;8-7(9,10)6(12)4-2-1-3-5-11;5-3-1-2-4-6;1-2(7)3(4,5)6;1-2/h5-6,9-14,21H,7-8,15-20H2,1-4H3,(H,32,38);8-11,16H,12-15H2,1-7H3;5-8H,1-4,9H2;2-6H2,1H3;1-4H,(H,9,10,11,12);11H,1-5H2;6H,1-5H2;1H3;1-2H3. The number of aliphatic hydroxyl groups is 2. The number of aromatic nitrogens is 12. The summed E-state index contributed by atoms with van der Waals surface area (Å²) in [6.07, 6.45) is -6.31. The number of carbonyl (C=O) groups is 7. The van der Waals surface area contributed by atoms with Crippen molar-refractivity contribution in [3.63, 3.8) is 0 Å². The highest BCUT2D eigenvalue weighted by Crippen LogP contribution is 2.48. The van der Waals surface area contributed by atoms with E-state index in [0.29, 0.717) is 141 Å². The number of nitrogens with zero attached hydrogens (tertiary/aromatic N) is 13. The number of aromatic amines is 1. The Kier molecular flexibility index (Phi) is 52.1. The number of aryl methyl sites for hydroxylation is 2. The van der Waals surface area contributed by atoms with Crippen LogP contribution < -0.4 is 20.5 Å². The normalized spacial score (nSPS) is 15.1. The lowest BCUT2D eigenvalue weighted by Gasteiger charge is -2.43. The Morgan fingerprint density at radius 1 is 0.493 bits per heavy atom. The number of halogens is 14. The minimum atomic E-state index is -4.77. The van der Waals surface area contributed by atoms with Gasteiger partial charge in [0.15, 0.2) is 0 Å². The maximum atomic E-state index is 12.6. The van der Waals surface area contributed by atoms with Crippen molar-refractivity contribution < 1.29 is 137 Å². The number of aliphatic hydroxyl groups excluding tert-OH is 2. The second-order valence-electron chi connectivity index (χ2n) is 37.7. The molecule has 2 spiro atoms. The van der Waals surface area contributed by atoms with Gasteiger partial charge in [0, 0.05) is 141 Å². The van der Waals surface area contributed by atoms with E-state index in [0.717, 1.165) is 96.8 Å². The number of H-pyrrole nitrogens is 1. The van der Waals surface area contributed by atoms with Gasteiger partial charge < -0.3 is 59.3 Å². The van der Waals surface area contributed by atoms with E-state index >= 15 is 0 Å². The summed E-state index contributed by atoms with van der Waals surface area (Å²) in [6, 6.07) is 39.5. The molecule has 150 heavy (non-hydrogen) atoms. The van der Waals surface area contributed by atoms with E-state index in [1.54, 1.807) is 14.6 Å². The molecule has 13 rings (SSSR count). The number of unbranched alkanes of at least 4 members (excludes halogenated alkanes) is 8. The predicted octanol–water partition coefficient (Wildman–Crippen LogP) is 20.3. The monoisotopic (exact) mass is 2280 g/mol. The molecule has 830 valence electrons. The zero-order valence-corrected chi connectivity index (χ0v) is 90.7. The zero-order valence-electron chi connectivity index (χ0n) is 86.7. The quantitative estimate of drug-likeness (QED) is 0.0117. The molecule has 3 aromatic heterocycles. The summed E-state index contributed by atoms with van der Waals surface area (Å²) in [5.74, 6) is -3.52. The Bertz CT molecular complexity index is 5680. The number of ketones is 4. The number of amides is 3. The van der Waals surface area contributed by atoms with Crippen LogP contribution in [0.15, 0.2) is 142 Å². The molecule has 6 N–H and O–H groups in total. The summed E-state index contributed by atoms with van der Waals surface area (Å²) in [7, 11) is -3.96. The number of nitrogens with one attached hydrogen (secondary N) is 2. The number of likely N-dealkylation sites (tertiary alicyclic amines) is 2. The highest BCUT2D eigenvalue weighted by molar-refractivity contribution is 9.10. The van der Waals surface area contributed by atoms with Crippen molar-refractivity contribution >= 4 is 101 Å². The largest absolute Gasteiger partial charge is 0.495 e. The van der Waals surface area contributed by atoms with Crippen LogP contribution in [0, 0.1) is 0 Å². The summed E-state index contributed by atoms with van der Waals surface area (Å²) in [5.41, 5.74) is 10.2. The zero-order chi connectivity index (χ0) is 112. The van der Waals surface area contributed by atoms with Gasteiger partial charge in [-0.15, -0.1) is 30.6 Å². The van der Waals surface area contributed by atoms with Crippen molar-refractivity contribution in [3.8, 4) is 45.7 Å². The first kappa shape index (κ1) is 129. The van der Waals surface area contributed by atoms with E-state index < -0.39 is 118 Å². The smallest absolute Gasteiger partial charge is 0.482 e. The number of nitrogens with two attached hydrogens (primary N) is 1. The number of Topliss-reactive ketones (excluding diaryl/α,β-unsaturated/α-hetero) is 4. The molecule has 50 heteroatoms. The van der Waals surface area contributed by atoms with Crippen LogP contribution in [0.1, 0.15) is 242 Å². The van der Waals surface area contributed by atoms with Crippen LogP contribution in [0.2, 0.25) is 0 Å². The van der Waals surface area contributed by atoms with Crippen LogP contribution in [0.4, 0.5) is 62.3 Å². The number of hydrogen-bond donors (Lipinski definition) is 5. The topological polar surface area (TPSA) is 445 Å². The second-order valence-corrected chi connectivity index (χ2v) is 41.1. The van der Waals surface area contributed by atoms with Gasteiger partial charge in [0.2, 0.25) is 46.5 Å². The van der Waals surface area contributed by atoms with Gasteiger partial charge in [-0.2, -0.15) is 75.9 Å². The summed E-state index contributed by atoms with van der Waals surface area (Å²) in [4.78, 5) is 83.4. The van der Waals surface area contributed by atoms with Gasteiger partial charge in [-0.05, 0) is 245 Å². The van der Waals surface area contributed by atoms with Crippen LogP contribution in [0.5, 0.6) is 11.5 Å². The van der Waals surface area contributed by atoms with Crippen molar-refractivity contribution in [2.75, 3.05) is 65.3 Å². The molecule has 3 saturated heterocycles. The molecule has 0 bridgehead atoms. The average Bonchev–Trinajstić information content (AvgIpc) is 1.24. The minimum Gasteiger partial charge on any atom is -0.482 e. The average molecular weight is 2280 g/mol. The summed E-state index contributed by atoms with van der Waals surface area (Å²) < 4.78 is 203. The van der Waals surface area contributed by atoms with E-state index in [2.05, 4.69) is 157 Å². The van der Waals surface area contributed by atoms with Crippen molar-refractivity contribution in [1.29, 1.82) is 0 Å². The minimum absolute atomic E-state index is 0.0200. The third kappa shape index (κ3) is 46.3. The number of rotatable bonds is 31. The number of ether oxygens (including phenoxy) is 4. The van der Waals surface area contributed by atoms with Crippen LogP contribution in [0.3, 0.4) is 0 Å². The van der Waals surface area contributed by atoms with Crippen LogP contribution in [-0.4, -0.2) is 261 Å². The van der Waals surface area contributed by atoms with Gasteiger partial charge in [-0.3, -0.25) is 28.2 Å². The predicted molar refractivity (Wildman–Crippen MR) is 544 cm³/mol. The maximum Gasteiger partial charge on any atom is 0.495 e. The number of alkyl halides is 12. The highest BCUT2D eigenvalue weighted by atomic mass is 79.9. The first-order valence-corrected chi connectivity index (χ1v) is 52.2. The fraction of sp³-hybridized carbons (Fsp3) is 0.560. The van der Waals surface area contributed by atoms with Crippen molar-refractivity contribution in [3.05, 3.63) is 159 Å². The Labute approximate surface area is 882 Å². The Morgan fingerprint density at radius 3 is 1.25 bits per heavy atom. The van der Waals surface area contributed by atoms with Gasteiger partial charge in [0.1, 0.15) is 33.9 Å². The first-order valence-electron chi connectivity index (χ1n) is 48.7. The maximum absolute atomic E-state index is 12.6. The second kappa shape index (κ2) is 60.4. The number of fused-ring (bicyclic) bond motifs is 2. The van der Waals surface area contributed by atoms with Crippen molar-refractivity contribution in [2.24, 2.45) is 5.73 Å². The number of para-hydroxylation sites is 2. The number of hydrogen-bond acceptors (Lipinski definition) is 28. The SMILES string of the molecule is Brc1ccc(-c2nn[nH]n2)cc1.CC.CC(=O)C(F)(F)F.CC(=O)NCCCCn1nnc(-c2ccc(C3=CC4(CCN(C(=O)OC(C)(C)C)CC4)Oc4ccccc43)cc2)n1.CC(C)(C)OC(=O)N1CCC2(C=C(B3OC(C)(C)C(C)(C)O3)c3ccccc3O2)CC1.CS(=O)(=O)OCCCCCC(=O)C(F)(F)F.NCCCCO.O=C(CCCCCO)C(F)(F)F.O=C(CCCCCn1nnc(-c2ccc(Br)cc2)n1)C(F)(F)F. The molecule has 0 aliphatic carbocycles. The van der Waals surface area contributed by atoms with Gasteiger partial charge in [0.25, 0.3) is 10.1 Å². The number of benzene rings is 5. The molecule has 5 aliphatic heterocycles. The van der Waals surface area contributed by atoms with Gasteiger partial charge in [0.05, 0.1) is 37.2 Å². The summed E-state index contributed by atoms with van der Waals surface area (Å²) >= 11 is 6.68. The molecular weight excluding hydrogens is 2140 g/mol. The third-order valence-electron chi connectivity index (χ3n) is 22.6. The summed E-state index contributed by atoms with van der Waals surface area (Å²) in [5, 5.41) is 57.8. The molecule has 0 radical (unpaired) electrons. The molecule has 5 aliphatic rings.